The number of β-amino-alcohol motifs (C(OH)–C–C–N with tert-alkyl or cyclic N) is 1. The Morgan fingerprint density at radius 3 is 2.93 bits per heavy atom. The van der Waals surface area contributed by atoms with Crippen LogP contribution in [-0.4, -0.2) is 28.8 Å². The van der Waals surface area contributed by atoms with E-state index in [9.17, 15) is 5.11 Å². The van der Waals surface area contributed by atoms with Gasteiger partial charge in [-0.05, 0) is 19.1 Å². The Hall–Kier alpha value is -1.60. The third kappa shape index (κ3) is 1.42. The second-order valence-electron chi connectivity index (χ2n) is 3.84. The summed E-state index contributed by atoms with van der Waals surface area (Å²) in [6.45, 7) is 2.86. The minimum atomic E-state index is -0.635. The predicted octanol–water partition coefficient (Wildman–Crippen LogP) is 0.524. The first kappa shape index (κ1) is 8.97. The van der Waals surface area contributed by atoms with Crippen LogP contribution in [0.5, 0.6) is 0 Å². The molecule has 1 aromatic heterocycles. The maximum absolute atomic E-state index is 9.56. The smallest absolute Gasteiger partial charge is 0.146 e. The van der Waals surface area contributed by atoms with Gasteiger partial charge in [0, 0.05) is 19.3 Å². The lowest BCUT2D eigenvalue weighted by Crippen LogP contribution is -2.60. The molecule has 1 aromatic rings. The highest BCUT2D eigenvalue weighted by Gasteiger charge is 2.38. The van der Waals surface area contributed by atoms with Crippen molar-refractivity contribution in [1.29, 1.82) is 5.26 Å². The van der Waals surface area contributed by atoms with Crippen LogP contribution < -0.4 is 4.90 Å². The highest BCUT2D eigenvalue weighted by molar-refractivity contribution is 5.55. The lowest BCUT2D eigenvalue weighted by molar-refractivity contribution is 0.0305. The zero-order valence-corrected chi connectivity index (χ0v) is 7.94. The molecule has 0 spiro atoms. The molecule has 0 bridgehead atoms. The quantitative estimate of drug-likeness (QED) is 0.699. The second kappa shape index (κ2) is 2.96. The highest BCUT2D eigenvalue weighted by Crippen LogP contribution is 2.27. The Balaban J connectivity index is 2.23. The summed E-state index contributed by atoms with van der Waals surface area (Å²) in [5, 5.41) is 18.4. The van der Waals surface area contributed by atoms with Crippen LogP contribution in [0.1, 0.15) is 12.5 Å². The summed E-state index contributed by atoms with van der Waals surface area (Å²) in [5.74, 6) is 0.668. The van der Waals surface area contributed by atoms with E-state index in [1.807, 2.05) is 4.90 Å². The number of pyridine rings is 1. The molecule has 2 rings (SSSR count). The molecule has 0 saturated carbocycles. The third-order valence-corrected chi connectivity index (χ3v) is 2.27. The molecule has 14 heavy (non-hydrogen) atoms. The van der Waals surface area contributed by atoms with Gasteiger partial charge in [-0.3, -0.25) is 0 Å². The van der Waals surface area contributed by atoms with Gasteiger partial charge in [0.05, 0.1) is 11.2 Å². The van der Waals surface area contributed by atoms with Gasteiger partial charge < -0.3 is 10.0 Å². The molecule has 0 unspecified atom stereocenters. The Kier molecular flexibility index (Phi) is 1.90. The maximum Gasteiger partial charge on any atom is 0.146 e. The molecule has 1 N–H and O–H groups in total. The van der Waals surface area contributed by atoms with Gasteiger partial charge in [0.25, 0.3) is 0 Å². The van der Waals surface area contributed by atoms with Crippen LogP contribution in [-0.2, 0) is 0 Å². The summed E-state index contributed by atoms with van der Waals surface area (Å²) in [4.78, 5) is 6.03. The van der Waals surface area contributed by atoms with Crippen molar-refractivity contribution in [3.8, 4) is 6.07 Å². The van der Waals surface area contributed by atoms with Crippen molar-refractivity contribution in [3.63, 3.8) is 0 Å². The Morgan fingerprint density at radius 1 is 1.64 bits per heavy atom. The first-order valence-corrected chi connectivity index (χ1v) is 4.45. The molecule has 72 valence electrons. The van der Waals surface area contributed by atoms with Crippen molar-refractivity contribution < 1.29 is 5.11 Å². The molecule has 0 amide bonds. The first-order valence-electron chi connectivity index (χ1n) is 4.45. The van der Waals surface area contributed by atoms with Crippen LogP contribution >= 0.6 is 0 Å². The number of aliphatic hydroxyl groups is 1. The number of nitriles is 1. The van der Waals surface area contributed by atoms with Crippen LogP contribution in [0.25, 0.3) is 0 Å². The first-order chi connectivity index (χ1) is 6.62. The molecule has 1 saturated heterocycles. The van der Waals surface area contributed by atoms with E-state index in [1.54, 1.807) is 25.3 Å². The summed E-state index contributed by atoms with van der Waals surface area (Å²) in [7, 11) is 0. The van der Waals surface area contributed by atoms with Crippen molar-refractivity contribution in [2.24, 2.45) is 0 Å². The van der Waals surface area contributed by atoms with Gasteiger partial charge >= 0.3 is 0 Å². The molecule has 0 aliphatic carbocycles. The number of nitrogens with zero attached hydrogens (tertiary/aromatic N) is 3. The largest absolute Gasteiger partial charge is 0.386 e. The molecular formula is C10H11N3O. The molecule has 4 heteroatoms. The number of hydrogen-bond donors (Lipinski definition) is 1. The van der Waals surface area contributed by atoms with Gasteiger partial charge in [-0.1, -0.05) is 0 Å². The Bertz CT molecular complexity index is 387. The predicted molar refractivity (Wildman–Crippen MR) is 51.8 cm³/mol. The van der Waals surface area contributed by atoms with Crippen molar-refractivity contribution in [2.75, 3.05) is 18.0 Å². The molecule has 1 aliphatic heterocycles. The van der Waals surface area contributed by atoms with E-state index < -0.39 is 5.60 Å². The number of rotatable bonds is 1. The Labute approximate surface area is 82.4 Å². The van der Waals surface area contributed by atoms with Crippen LogP contribution in [0.3, 0.4) is 0 Å². The zero-order chi connectivity index (χ0) is 10.2. The molecular weight excluding hydrogens is 178 g/mol. The molecule has 1 fully saturated rings. The summed E-state index contributed by atoms with van der Waals surface area (Å²) in [5.41, 5.74) is -0.0763. The van der Waals surface area contributed by atoms with Gasteiger partial charge in [0.2, 0.25) is 0 Å². The maximum atomic E-state index is 9.56. The molecule has 1 aliphatic rings. The van der Waals surface area contributed by atoms with Crippen molar-refractivity contribution in [2.45, 2.75) is 12.5 Å². The van der Waals surface area contributed by atoms with Crippen molar-refractivity contribution in [3.05, 3.63) is 23.9 Å². The molecule has 2 heterocycles. The van der Waals surface area contributed by atoms with Gasteiger partial charge in [0.15, 0.2) is 0 Å². The monoisotopic (exact) mass is 189 g/mol. The van der Waals surface area contributed by atoms with Crippen LogP contribution in [0.2, 0.25) is 0 Å². The van der Waals surface area contributed by atoms with E-state index in [1.165, 1.54) is 0 Å². The number of aromatic nitrogens is 1. The van der Waals surface area contributed by atoms with Gasteiger partial charge in [-0.15, -0.1) is 0 Å². The van der Waals surface area contributed by atoms with E-state index in [4.69, 9.17) is 5.26 Å². The van der Waals surface area contributed by atoms with Crippen LogP contribution in [0.15, 0.2) is 18.3 Å². The average Bonchev–Trinajstić information content (AvgIpc) is 2.14. The molecule has 0 radical (unpaired) electrons. The second-order valence-corrected chi connectivity index (χ2v) is 3.84. The fourth-order valence-corrected chi connectivity index (χ4v) is 1.66. The number of hydrogen-bond acceptors (Lipinski definition) is 4. The third-order valence-electron chi connectivity index (χ3n) is 2.27. The highest BCUT2D eigenvalue weighted by atomic mass is 16.3. The van der Waals surface area contributed by atoms with Gasteiger partial charge in [-0.25, -0.2) is 4.98 Å². The van der Waals surface area contributed by atoms with Crippen molar-refractivity contribution >= 4 is 5.82 Å². The summed E-state index contributed by atoms with van der Waals surface area (Å²) >= 11 is 0. The molecule has 0 aromatic carbocycles. The van der Waals surface area contributed by atoms with Crippen LogP contribution in [0.4, 0.5) is 5.82 Å². The summed E-state index contributed by atoms with van der Waals surface area (Å²) in [6.07, 6.45) is 1.66. The van der Waals surface area contributed by atoms with E-state index in [0.717, 1.165) is 0 Å². The SMILES string of the molecule is CC1(O)CN(c2ncccc2C#N)C1. The minimum absolute atomic E-state index is 0.540. The molecule has 0 atom stereocenters. The van der Waals surface area contributed by atoms with Gasteiger partial charge in [0.1, 0.15) is 11.9 Å². The normalized spacial score (nSPS) is 18.5. The van der Waals surface area contributed by atoms with E-state index in [2.05, 4.69) is 11.1 Å². The lowest BCUT2D eigenvalue weighted by atomic mass is 9.96. The van der Waals surface area contributed by atoms with E-state index in [0.29, 0.717) is 24.5 Å². The fraction of sp³-hybridized carbons (Fsp3) is 0.400. The van der Waals surface area contributed by atoms with E-state index in [-0.39, 0.29) is 0 Å². The van der Waals surface area contributed by atoms with Crippen molar-refractivity contribution in [1.82, 2.24) is 4.98 Å². The average molecular weight is 189 g/mol. The minimum Gasteiger partial charge on any atom is -0.386 e. The number of anilines is 1. The van der Waals surface area contributed by atoms with E-state index >= 15 is 0 Å². The topological polar surface area (TPSA) is 60.1 Å². The standard InChI is InChI=1S/C10H11N3O/c1-10(14)6-13(7-10)9-8(5-11)3-2-4-12-9/h2-4,14H,6-7H2,1H3. The summed E-state index contributed by atoms with van der Waals surface area (Å²) in [6, 6.07) is 5.55. The van der Waals surface area contributed by atoms with Gasteiger partial charge in [-0.2, -0.15) is 5.26 Å². The lowest BCUT2D eigenvalue weighted by Gasteiger charge is -2.45. The fourth-order valence-electron chi connectivity index (χ4n) is 1.66. The molecule has 4 nitrogen and oxygen atoms in total. The van der Waals surface area contributed by atoms with Crippen LogP contribution in [0, 0.1) is 11.3 Å². The zero-order valence-electron chi connectivity index (χ0n) is 7.94. The summed E-state index contributed by atoms with van der Waals surface area (Å²) < 4.78 is 0. The Morgan fingerprint density at radius 2 is 2.36 bits per heavy atom.